The van der Waals surface area contributed by atoms with E-state index in [4.69, 9.17) is 4.74 Å². The summed E-state index contributed by atoms with van der Waals surface area (Å²) in [5.74, 6) is -0.333. The predicted molar refractivity (Wildman–Crippen MR) is 96.6 cm³/mol. The first-order chi connectivity index (χ1) is 12.5. The molecule has 26 heavy (non-hydrogen) atoms. The number of rotatable bonds is 2. The van der Waals surface area contributed by atoms with Gasteiger partial charge in [0.05, 0.1) is 11.6 Å². The second-order valence-corrected chi connectivity index (χ2v) is 7.94. The number of benzene rings is 2. The van der Waals surface area contributed by atoms with E-state index in [9.17, 15) is 14.0 Å². The van der Waals surface area contributed by atoms with Crippen molar-refractivity contribution in [3.63, 3.8) is 0 Å². The molecule has 4 nitrogen and oxygen atoms in total. The first-order valence-electron chi connectivity index (χ1n) is 8.51. The fourth-order valence-electron chi connectivity index (χ4n) is 3.49. The van der Waals surface area contributed by atoms with Gasteiger partial charge in [0.1, 0.15) is 5.82 Å². The Kier molecular flexibility index (Phi) is 4.23. The lowest BCUT2D eigenvalue weighted by Gasteiger charge is -2.35. The van der Waals surface area contributed by atoms with Gasteiger partial charge in [0, 0.05) is 17.1 Å². The third kappa shape index (κ3) is 2.98. The van der Waals surface area contributed by atoms with Crippen LogP contribution in [0.3, 0.4) is 0 Å². The highest BCUT2D eigenvalue weighted by atomic mass is 32.2. The molecule has 0 radical (unpaired) electrons. The summed E-state index contributed by atoms with van der Waals surface area (Å²) in [6.45, 7) is 1.63. The summed E-state index contributed by atoms with van der Waals surface area (Å²) in [7, 11) is 0. The van der Waals surface area contributed by atoms with Crippen LogP contribution in [-0.4, -0.2) is 23.2 Å². The Morgan fingerprint density at radius 3 is 2.96 bits per heavy atom. The number of esters is 1. The van der Waals surface area contributed by atoms with Crippen molar-refractivity contribution in [1.29, 1.82) is 0 Å². The zero-order chi connectivity index (χ0) is 18.3. The van der Waals surface area contributed by atoms with E-state index in [-0.39, 0.29) is 17.8 Å². The van der Waals surface area contributed by atoms with Crippen molar-refractivity contribution in [1.82, 2.24) is 5.32 Å². The largest absolute Gasteiger partial charge is 0.445 e. The van der Waals surface area contributed by atoms with Crippen molar-refractivity contribution in [2.24, 2.45) is 0 Å². The van der Waals surface area contributed by atoms with Crippen LogP contribution < -0.4 is 5.32 Å². The number of nitrogens with one attached hydrogen (secondary N) is 1. The van der Waals surface area contributed by atoms with Crippen molar-refractivity contribution >= 4 is 23.6 Å². The van der Waals surface area contributed by atoms with E-state index < -0.39 is 11.6 Å². The number of halogens is 1. The van der Waals surface area contributed by atoms with Gasteiger partial charge in [-0.1, -0.05) is 18.2 Å². The maximum atomic E-state index is 13.7. The minimum Gasteiger partial charge on any atom is -0.445 e. The lowest BCUT2D eigenvalue weighted by molar-refractivity contribution is -0.140. The number of carbonyl (C=O) groups is 2. The molecule has 2 aromatic carbocycles. The molecule has 0 spiro atoms. The maximum Gasteiger partial charge on any atom is 0.339 e. The van der Waals surface area contributed by atoms with E-state index in [1.54, 1.807) is 36.9 Å². The number of hydrogen-bond donors (Lipinski definition) is 1. The van der Waals surface area contributed by atoms with Crippen LogP contribution in [0.2, 0.25) is 0 Å². The summed E-state index contributed by atoms with van der Waals surface area (Å²) in [6.07, 6.45) is 1.02. The molecule has 2 aliphatic rings. The van der Waals surface area contributed by atoms with Gasteiger partial charge in [0.2, 0.25) is 0 Å². The normalized spacial score (nSPS) is 24.2. The van der Waals surface area contributed by atoms with Crippen LogP contribution in [-0.2, 0) is 16.0 Å². The monoisotopic (exact) mass is 371 g/mol. The van der Waals surface area contributed by atoms with Gasteiger partial charge >= 0.3 is 5.97 Å². The molecular formula is C20H18FNO3S. The molecule has 4 rings (SSSR count). The van der Waals surface area contributed by atoms with Crippen LogP contribution >= 0.6 is 11.8 Å². The summed E-state index contributed by atoms with van der Waals surface area (Å²) in [6, 6.07) is 11.5. The molecule has 1 N–H and O–H groups in total. The van der Waals surface area contributed by atoms with Gasteiger partial charge in [-0.25, -0.2) is 9.18 Å². The van der Waals surface area contributed by atoms with E-state index in [2.05, 4.69) is 5.32 Å². The van der Waals surface area contributed by atoms with E-state index in [0.717, 1.165) is 21.8 Å². The van der Waals surface area contributed by atoms with Crippen molar-refractivity contribution in [2.75, 3.05) is 5.75 Å². The van der Waals surface area contributed by atoms with Crippen molar-refractivity contribution in [3.8, 4) is 0 Å². The molecule has 2 atom stereocenters. The van der Waals surface area contributed by atoms with Crippen LogP contribution in [0.25, 0.3) is 0 Å². The third-order valence-corrected chi connectivity index (χ3v) is 6.00. The van der Waals surface area contributed by atoms with Crippen molar-refractivity contribution in [3.05, 3.63) is 65.0 Å². The second kappa shape index (κ2) is 6.43. The van der Waals surface area contributed by atoms with Gasteiger partial charge in [0.15, 0.2) is 5.60 Å². The van der Waals surface area contributed by atoms with Gasteiger partial charge in [-0.2, -0.15) is 0 Å². The highest BCUT2D eigenvalue weighted by molar-refractivity contribution is 7.99. The molecule has 2 heterocycles. The molecule has 0 saturated heterocycles. The van der Waals surface area contributed by atoms with Gasteiger partial charge in [-0.05, 0) is 48.7 Å². The van der Waals surface area contributed by atoms with Gasteiger partial charge < -0.3 is 10.1 Å². The molecule has 0 saturated carbocycles. The zero-order valence-electron chi connectivity index (χ0n) is 14.3. The van der Waals surface area contributed by atoms with Gasteiger partial charge in [-0.3, -0.25) is 4.79 Å². The van der Waals surface area contributed by atoms with Crippen molar-refractivity contribution < 1.29 is 18.7 Å². The molecule has 0 unspecified atom stereocenters. The Labute approximate surface area is 155 Å². The summed E-state index contributed by atoms with van der Waals surface area (Å²) in [5, 5.41) is 2.97. The van der Waals surface area contributed by atoms with E-state index in [1.165, 1.54) is 12.1 Å². The van der Waals surface area contributed by atoms with E-state index in [0.29, 0.717) is 18.4 Å². The average molecular weight is 371 g/mol. The highest BCUT2D eigenvalue weighted by Crippen LogP contribution is 2.37. The predicted octanol–water partition coefficient (Wildman–Crippen LogP) is 3.65. The van der Waals surface area contributed by atoms with Crippen LogP contribution in [0.5, 0.6) is 0 Å². The smallest absolute Gasteiger partial charge is 0.339 e. The number of fused-ring (bicyclic) bond motifs is 2. The highest BCUT2D eigenvalue weighted by Gasteiger charge is 2.43. The fourth-order valence-corrected chi connectivity index (χ4v) is 4.59. The molecule has 0 fully saturated rings. The Bertz CT molecular complexity index is 900. The minimum atomic E-state index is -1.27. The molecule has 0 bridgehead atoms. The van der Waals surface area contributed by atoms with Crippen LogP contribution in [0.4, 0.5) is 4.39 Å². The average Bonchev–Trinajstić information content (AvgIpc) is 2.62. The molecule has 0 aliphatic carbocycles. The summed E-state index contributed by atoms with van der Waals surface area (Å²) in [4.78, 5) is 26.2. The second-order valence-electron chi connectivity index (χ2n) is 6.80. The molecule has 2 aromatic rings. The minimum absolute atomic E-state index is 0.290. The van der Waals surface area contributed by atoms with Gasteiger partial charge in [-0.15, -0.1) is 11.8 Å². The molecular weight excluding hydrogens is 353 g/mol. The maximum absolute atomic E-state index is 13.7. The van der Waals surface area contributed by atoms with Crippen molar-refractivity contribution in [2.45, 2.75) is 36.3 Å². The number of ether oxygens (including phenoxy) is 1. The van der Waals surface area contributed by atoms with Crippen LogP contribution in [0, 0.1) is 5.82 Å². The topological polar surface area (TPSA) is 55.4 Å². The lowest BCUT2D eigenvalue weighted by atomic mass is 9.88. The number of amides is 1. The summed E-state index contributed by atoms with van der Waals surface area (Å²) < 4.78 is 19.1. The summed E-state index contributed by atoms with van der Waals surface area (Å²) in [5.41, 5.74) is 0.802. The summed E-state index contributed by atoms with van der Waals surface area (Å²) >= 11 is 1.65. The molecule has 134 valence electrons. The van der Waals surface area contributed by atoms with Gasteiger partial charge in [0.25, 0.3) is 5.91 Å². The van der Waals surface area contributed by atoms with E-state index >= 15 is 0 Å². The first kappa shape index (κ1) is 17.1. The SMILES string of the molecule is C[C@]1(C(=O)N[C@H]2CCSc3ccc(F)cc32)Cc2ccccc2C(=O)O1. The number of hydrogen-bond acceptors (Lipinski definition) is 4. The Morgan fingerprint density at radius 1 is 1.31 bits per heavy atom. The molecule has 6 heteroatoms. The Balaban J connectivity index is 1.58. The first-order valence-corrected chi connectivity index (χ1v) is 9.49. The quantitative estimate of drug-likeness (QED) is 0.819. The molecule has 2 aliphatic heterocycles. The zero-order valence-corrected chi connectivity index (χ0v) is 15.1. The number of cyclic esters (lactones) is 1. The van der Waals surface area contributed by atoms with Crippen LogP contribution in [0.15, 0.2) is 47.4 Å². The molecule has 0 aromatic heterocycles. The number of carbonyl (C=O) groups excluding carboxylic acids is 2. The fraction of sp³-hybridized carbons (Fsp3) is 0.300. The Morgan fingerprint density at radius 2 is 2.12 bits per heavy atom. The number of thioether (sulfide) groups is 1. The molecule has 1 amide bonds. The Hall–Kier alpha value is -2.34. The standard InChI is InChI=1S/C20H18FNO3S/c1-20(11-12-4-2-3-5-14(12)18(23)25-20)19(24)22-16-8-9-26-17-7-6-13(21)10-15(16)17/h2-7,10,16H,8-9,11H2,1H3,(H,22,24)/t16-,20+/m0/s1. The van der Waals surface area contributed by atoms with E-state index in [1.807, 2.05) is 12.1 Å². The lowest BCUT2D eigenvalue weighted by Crippen LogP contribution is -2.52. The third-order valence-electron chi connectivity index (χ3n) is 4.88. The van der Waals surface area contributed by atoms with Crippen LogP contribution in [0.1, 0.15) is 40.9 Å².